The molecule has 1 heterocycles. The Hall–Kier alpha value is -5.40. The smallest absolute Gasteiger partial charge is 0.410 e. The van der Waals surface area contributed by atoms with Crippen molar-refractivity contribution in [1.29, 1.82) is 0 Å². The van der Waals surface area contributed by atoms with Crippen LogP contribution in [0.1, 0.15) is 116 Å². The highest BCUT2D eigenvalue weighted by Gasteiger charge is 2.44. The molecule has 5 aromatic rings. The van der Waals surface area contributed by atoms with Crippen LogP contribution >= 0.6 is 11.6 Å². The molecule has 7 nitrogen and oxygen atoms in total. The van der Waals surface area contributed by atoms with Gasteiger partial charge in [0.05, 0.1) is 6.42 Å². The summed E-state index contributed by atoms with van der Waals surface area (Å²) in [4.78, 5) is 45.8. The van der Waals surface area contributed by atoms with E-state index in [1.54, 1.807) is 11.0 Å². The van der Waals surface area contributed by atoms with E-state index in [9.17, 15) is 14.4 Å². The predicted octanol–water partition coefficient (Wildman–Crippen LogP) is 11.7. The normalized spacial score (nSPS) is 17.3. The lowest BCUT2D eigenvalue weighted by Gasteiger charge is -2.38. The van der Waals surface area contributed by atoms with Crippen molar-refractivity contribution in [3.8, 4) is 11.1 Å². The third-order valence-corrected chi connectivity index (χ3v) is 13.3. The van der Waals surface area contributed by atoms with Crippen LogP contribution in [0.15, 0.2) is 127 Å². The topological polar surface area (TPSA) is 76.1 Å². The molecule has 0 aromatic heterocycles. The Morgan fingerprint density at radius 3 is 1.83 bits per heavy atom. The van der Waals surface area contributed by atoms with E-state index in [2.05, 4.69) is 48.5 Å². The Bertz CT molecular complexity index is 2220. The lowest BCUT2D eigenvalue weighted by Crippen LogP contribution is -2.54. The number of carbonyl (C=O) groups excluding carboxylic acids is 3. The molecule has 8 rings (SSSR count). The molecule has 60 heavy (non-hydrogen) atoms. The van der Waals surface area contributed by atoms with Crippen molar-refractivity contribution in [2.45, 2.75) is 94.1 Å². The van der Waals surface area contributed by atoms with E-state index in [0.29, 0.717) is 35.2 Å². The molecule has 2 atom stereocenters. The zero-order valence-electron chi connectivity index (χ0n) is 34.6. The van der Waals surface area contributed by atoms with Crippen molar-refractivity contribution in [3.05, 3.63) is 166 Å². The SMILES string of the molecule is CN(C(=O)OCC1c2ccccc2-c2ccccc21)[C@@H](CC(=O)OC(c1ccccc1)(c1ccc(C2CCCCCCCCC2)cc1)c1ccccc1Cl)C(=O)N1CCC1. The maximum atomic E-state index is 14.7. The first-order chi connectivity index (χ1) is 29.3. The summed E-state index contributed by atoms with van der Waals surface area (Å²) in [6.45, 7) is 1.21. The van der Waals surface area contributed by atoms with E-state index in [0.717, 1.165) is 47.1 Å². The monoisotopic (exact) mass is 822 g/mol. The number of hydrogen-bond acceptors (Lipinski definition) is 5. The average molecular weight is 823 g/mol. The first kappa shape index (κ1) is 41.3. The number of fused-ring (bicyclic) bond motifs is 3. The van der Waals surface area contributed by atoms with Crippen LogP contribution < -0.4 is 0 Å². The zero-order chi connectivity index (χ0) is 41.5. The van der Waals surface area contributed by atoms with Gasteiger partial charge in [-0.3, -0.25) is 14.5 Å². The quantitative estimate of drug-likeness (QED) is 0.0979. The van der Waals surface area contributed by atoms with Gasteiger partial charge in [0.1, 0.15) is 12.6 Å². The lowest BCUT2D eigenvalue weighted by molar-refractivity contribution is -0.158. The molecule has 0 N–H and O–H groups in total. The molecule has 0 bridgehead atoms. The van der Waals surface area contributed by atoms with E-state index in [1.165, 1.54) is 62.5 Å². The minimum Gasteiger partial charge on any atom is -0.448 e. The Kier molecular flexibility index (Phi) is 13.0. The summed E-state index contributed by atoms with van der Waals surface area (Å²) in [5, 5.41) is 0.439. The van der Waals surface area contributed by atoms with Gasteiger partial charge in [0.15, 0.2) is 5.60 Å². The lowest BCUT2D eigenvalue weighted by atomic mass is 9.78. The van der Waals surface area contributed by atoms with Crippen LogP contribution in [-0.2, 0) is 24.7 Å². The Morgan fingerprint density at radius 2 is 1.23 bits per heavy atom. The number of esters is 1. The van der Waals surface area contributed by atoms with Crippen molar-refractivity contribution >= 4 is 29.6 Å². The molecule has 1 saturated carbocycles. The summed E-state index contributed by atoms with van der Waals surface area (Å²) in [6.07, 6.45) is 11.0. The fourth-order valence-corrected chi connectivity index (χ4v) is 9.80. The van der Waals surface area contributed by atoms with Gasteiger partial charge in [0.25, 0.3) is 0 Å². The van der Waals surface area contributed by atoms with E-state index >= 15 is 0 Å². The van der Waals surface area contributed by atoms with E-state index in [1.807, 2.05) is 72.8 Å². The number of likely N-dealkylation sites (N-methyl/N-ethyl adjacent to an activating group) is 1. The van der Waals surface area contributed by atoms with Crippen LogP contribution in [0.5, 0.6) is 0 Å². The molecule has 8 heteroatoms. The summed E-state index contributed by atoms with van der Waals surface area (Å²) < 4.78 is 12.8. The molecule has 2 amide bonds. The van der Waals surface area contributed by atoms with Crippen LogP contribution in [0.3, 0.4) is 0 Å². The molecular formula is C52H55ClN2O5. The number of amides is 2. The molecule has 2 fully saturated rings. The number of ether oxygens (including phenoxy) is 2. The summed E-state index contributed by atoms with van der Waals surface area (Å²) >= 11 is 7.05. The minimum atomic E-state index is -1.46. The largest absolute Gasteiger partial charge is 0.448 e. The summed E-state index contributed by atoms with van der Waals surface area (Å²) in [5.41, 5.74) is 6.32. The first-order valence-electron chi connectivity index (χ1n) is 21.8. The second-order valence-electron chi connectivity index (χ2n) is 16.7. The van der Waals surface area contributed by atoms with E-state index in [4.69, 9.17) is 21.1 Å². The second kappa shape index (κ2) is 18.9. The number of nitrogens with zero attached hydrogens (tertiary/aromatic N) is 2. The first-order valence-corrected chi connectivity index (χ1v) is 22.2. The highest BCUT2D eigenvalue weighted by Crippen LogP contribution is 2.46. The Labute approximate surface area is 359 Å². The highest BCUT2D eigenvalue weighted by molar-refractivity contribution is 6.31. The number of halogens is 1. The molecule has 310 valence electrons. The molecular weight excluding hydrogens is 768 g/mol. The van der Waals surface area contributed by atoms with Crippen LogP contribution in [0.2, 0.25) is 5.02 Å². The van der Waals surface area contributed by atoms with Gasteiger partial charge in [-0.2, -0.15) is 0 Å². The molecule has 1 unspecified atom stereocenters. The Morgan fingerprint density at radius 1 is 0.683 bits per heavy atom. The Balaban J connectivity index is 1.09. The van der Waals surface area contributed by atoms with Crippen molar-refractivity contribution in [1.82, 2.24) is 9.80 Å². The van der Waals surface area contributed by atoms with Crippen molar-refractivity contribution < 1.29 is 23.9 Å². The van der Waals surface area contributed by atoms with Crippen LogP contribution in [0.25, 0.3) is 11.1 Å². The summed E-state index contributed by atoms with van der Waals surface area (Å²) in [6, 6.07) is 40.8. The second-order valence-corrected chi connectivity index (χ2v) is 17.1. The van der Waals surface area contributed by atoms with Gasteiger partial charge in [0, 0.05) is 47.8 Å². The molecule has 3 aliphatic rings. The van der Waals surface area contributed by atoms with Gasteiger partial charge in [-0.1, -0.05) is 178 Å². The van der Waals surface area contributed by atoms with Gasteiger partial charge in [0.2, 0.25) is 5.91 Å². The number of likely N-dealkylation sites (tertiary alicyclic amines) is 1. The third kappa shape index (κ3) is 8.60. The fourth-order valence-electron chi connectivity index (χ4n) is 9.53. The number of hydrogen-bond donors (Lipinski definition) is 0. The van der Waals surface area contributed by atoms with Gasteiger partial charge in [-0.05, 0) is 59.1 Å². The van der Waals surface area contributed by atoms with E-state index < -0.39 is 23.7 Å². The van der Waals surface area contributed by atoms with Gasteiger partial charge >= 0.3 is 12.1 Å². The molecule has 1 aliphatic heterocycles. The van der Waals surface area contributed by atoms with Crippen molar-refractivity contribution in [2.75, 3.05) is 26.7 Å². The van der Waals surface area contributed by atoms with Crippen LogP contribution in [0.4, 0.5) is 4.79 Å². The highest BCUT2D eigenvalue weighted by atomic mass is 35.5. The third-order valence-electron chi connectivity index (χ3n) is 13.0. The summed E-state index contributed by atoms with van der Waals surface area (Å²) in [5.74, 6) is -0.647. The van der Waals surface area contributed by atoms with Gasteiger partial charge in [-0.15, -0.1) is 0 Å². The van der Waals surface area contributed by atoms with Crippen molar-refractivity contribution in [3.63, 3.8) is 0 Å². The molecule has 0 radical (unpaired) electrons. The van der Waals surface area contributed by atoms with Crippen molar-refractivity contribution in [2.24, 2.45) is 0 Å². The zero-order valence-corrected chi connectivity index (χ0v) is 35.3. The number of rotatable bonds is 11. The summed E-state index contributed by atoms with van der Waals surface area (Å²) in [7, 11) is 1.53. The van der Waals surface area contributed by atoms with E-state index in [-0.39, 0.29) is 24.9 Å². The maximum Gasteiger partial charge on any atom is 0.410 e. The predicted molar refractivity (Wildman–Crippen MR) is 237 cm³/mol. The standard InChI is InChI=1S/C52H55ClN2O5/c1-54(51(58)59-36-45-43-25-14-12-23-41(43)42-24-13-15-26-44(42)45)48(50(57)55-33-18-34-55)35-49(56)60-52(39-21-10-7-11-22-39,46-27-16-17-28-47(46)53)40-31-29-38(30-32-40)37-19-8-5-3-2-4-6-9-20-37/h7,10-17,21-32,37,45,48H,2-6,8-9,18-20,33-36H2,1H3/t48-,52?/m0/s1. The molecule has 2 aliphatic carbocycles. The number of carbonyl (C=O) groups is 3. The minimum absolute atomic E-state index is 0.0900. The average Bonchev–Trinajstić information content (AvgIpc) is 3.58. The van der Waals surface area contributed by atoms with Crippen LogP contribution in [0, 0.1) is 0 Å². The fraction of sp³-hybridized carbons (Fsp3) is 0.365. The maximum absolute atomic E-state index is 14.7. The molecule has 5 aromatic carbocycles. The van der Waals surface area contributed by atoms with Crippen LogP contribution in [-0.4, -0.2) is 60.6 Å². The van der Waals surface area contributed by atoms with Gasteiger partial charge in [-0.25, -0.2) is 4.79 Å². The van der Waals surface area contributed by atoms with Gasteiger partial charge < -0.3 is 14.4 Å². The molecule has 0 spiro atoms. The number of benzene rings is 5. The molecule has 1 saturated heterocycles.